The quantitative estimate of drug-likeness (QED) is 0.732. The second-order valence-corrected chi connectivity index (χ2v) is 4.72. The zero-order chi connectivity index (χ0) is 12.8. The van der Waals surface area contributed by atoms with Gasteiger partial charge in [-0.15, -0.1) is 11.6 Å². The molecule has 0 bridgehead atoms. The Kier molecular flexibility index (Phi) is 5.48. The van der Waals surface area contributed by atoms with Crippen LogP contribution >= 0.6 is 11.6 Å². The molecule has 1 heterocycles. The van der Waals surface area contributed by atoms with E-state index in [1.54, 1.807) is 12.3 Å². The van der Waals surface area contributed by atoms with Crippen molar-refractivity contribution in [2.75, 3.05) is 24.4 Å². The van der Waals surface area contributed by atoms with Crippen LogP contribution in [0, 0.1) is 5.92 Å². The predicted molar refractivity (Wildman–Crippen MR) is 71.9 cm³/mol. The minimum Gasteiger partial charge on any atom is -0.373 e. The van der Waals surface area contributed by atoms with Gasteiger partial charge in [0.2, 0.25) is 0 Å². The lowest BCUT2D eigenvalue weighted by atomic mass is 10.2. The van der Waals surface area contributed by atoms with Crippen LogP contribution < -0.4 is 10.5 Å². The van der Waals surface area contributed by atoms with Crippen LogP contribution in [-0.2, 0) is 6.54 Å². The van der Waals surface area contributed by atoms with Crippen molar-refractivity contribution in [1.82, 2.24) is 9.78 Å². The molecule has 1 atom stereocenters. The Bertz CT molecular complexity index is 405. The van der Waals surface area contributed by atoms with Crippen LogP contribution in [-0.4, -0.2) is 29.3 Å². The average molecular weight is 258 g/mol. The normalized spacial score (nSPS) is 12.5. The summed E-state index contributed by atoms with van der Waals surface area (Å²) in [6.45, 7) is 5.59. The van der Waals surface area contributed by atoms with Gasteiger partial charge in [-0.25, -0.2) is 4.68 Å². The highest BCUT2D eigenvalue weighted by Crippen LogP contribution is 2.08. The average Bonchev–Trinajstić information content (AvgIpc) is 2.31. The van der Waals surface area contributed by atoms with E-state index in [0.717, 1.165) is 18.7 Å². The van der Waals surface area contributed by atoms with E-state index in [1.807, 2.05) is 18.9 Å². The number of aromatic nitrogens is 2. The van der Waals surface area contributed by atoms with Gasteiger partial charge in [-0.3, -0.25) is 4.79 Å². The van der Waals surface area contributed by atoms with Crippen molar-refractivity contribution < 1.29 is 0 Å². The van der Waals surface area contributed by atoms with E-state index in [4.69, 9.17) is 11.6 Å². The molecule has 1 rings (SSSR count). The molecular formula is C12H20ClN3O. The Labute approximate surface area is 107 Å². The molecule has 0 spiro atoms. The van der Waals surface area contributed by atoms with Gasteiger partial charge in [-0.05, 0) is 12.3 Å². The summed E-state index contributed by atoms with van der Waals surface area (Å²) >= 11 is 5.73. The van der Waals surface area contributed by atoms with Gasteiger partial charge in [0, 0.05) is 32.1 Å². The second kappa shape index (κ2) is 6.64. The molecule has 0 amide bonds. The lowest BCUT2D eigenvalue weighted by molar-refractivity contribution is 0.467. The first-order valence-electron chi connectivity index (χ1n) is 5.92. The summed E-state index contributed by atoms with van der Waals surface area (Å²) in [5.41, 5.74) is 0.800. The van der Waals surface area contributed by atoms with E-state index >= 15 is 0 Å². The molecule has 0 aromatic carbocycles. The van der Waals surface area contributed by atoms with Crippen molar-refractivity contribution >= 4 is 17.3 Å². The lowest BCUT2D eigenvalue weighted by Gasteiger charge is -2.18. The van der Waals surface area contributed by atoms with E-state index in [-0.39, 0.29) is 11.5 Å². The number of anilines is 1. The highest BCUT2D eigenvalue weighted by molar-refractivity contribution is 6.18. The molecule has 0 radical (unpaired) electrons. The summed E-state index contributed by atoms with van der Waals surface area (Å²) in [6.07, 6.45) is 2.78. The summed E-state index contributed by atoms with van der Waals surface area (Å²) in [6, 6.07) is 1.63. The predicted octanol–water partition coefficient (Wildman–Crippen LogP) is 1.96. The minimum absolute atomic E-state index is 0.0672. The van der Waals surface area contributed by atoms with Crippen molar-refractivity contribution in [3.8, 4) is 0 Å². The smallest absolute Gasteiger partial charge is 0.268 e. The van der Waals surface area contributed by atoms with Crippen LogP contribution in [0.15, 0.2) is 17.1 Å². The van der Waals surface area contributed by atoms with Gasteiger partial charge in [-0.1, -0.05) is 13.8 Å². The third-order valence-corrected chi connectivity index (χ3v) is 3.13. The number of hydrogen-bond acceptors (Lipinski definition) is 3. The Balaban J connectivity index is 2.82. The minimum atomic E-state index is -0.0672. The SMILES string of the molecule is CCCN(C)c1cnn(CC(C)CCl)c(=O)c1. The van der Waals surface area contributed by atoms with Crippen molar-refractivity contribution in [2.24, 2.45) is 5.92 Å². The van der Waals surface area contributed by atoms with E-state index in [9.17, 15) is 4.79 Å². The molecular weight excluding hydrogens is 238 g/mol. The molecule has 0 aliphatic rings. The van der Waals surface area contributed by atoms with Gasteiger partial charge in [0.1, 0.15) is 0 Å². The first-order valence-corrected chi connectivity index (χ1v) is 6.46. The summed E-state index contributed by atoms with van der Waals surface area (Å²) in [5.74, 6) is 0.784. The largest absolute Gasteiger partial charge is 0.373 e. The summed E-state index contributed by atoms with van der Waals surface area (Å²) in [7, 11) is 1.96. The third kappa shape index (κ3) is 4.04. The second-order valence-electron chi connectivity index (χ2n) is 4.42. The van der Waals surface area contributed by atoms with Crippen LogP contribution in [0.4, 0.5) is 5.69 Å². The van der Waals surface area contributed by atoms with Gasteiger partial charge in [0.05, 0.1) is 11.9 Å². The maximum Gasteiger partial charge on any atom is 0.268 e. The Morgan fingerprint density at radius 3 is 2.82 bits per heavy atom. The Hall–Kier alpha value is -1.03. The first-order chi connectivity index (χ1) is 8.08. The van der Waals surface area contributed by atoms with Crippen LogP contribution in [0.5, 0.6) is 0 Å². The van der Waals surface area contributed by atoms with Crippen LogP contribution in [0.2, 0.25) is 0 Å². The number of nitrogens with zero attached hydrogens (tertiary/aromatic N) is 3. The number of rotatable bonds is 6. The summed E-state index contributed by atoms with van der Waals surface area (Å²) < 4.78 is 1.47. The fourth-order valence-electron chi connectivity index (χ4n) is 1.58. The standard InChI is InChI=1S/C12H20ClN3O/c1-4-5-15(3)11-6-12(17)16(14-8-11)9-10(2)7-13/h6,8,10H,4-5,7,9H2,1-3H3. The molecule has 96 valence electrons. The summed E-state index contributed by atoms with van der Waals surface area (Å²) in [4.78, 5) is 13.9. The molecule has 0 saturated heterocycles. The fourth-order valence-corrected chi connectivity index (χ4v) is 1.68. The molecule has 0 aliphatic carbocycles. The zero-order valence-corrected chi connectivity index (χ0v) is 11.4. The van der Waals surface area contributed by atoms with Crippen molar-refractivity contribution in [3.63, 3.8) is 0 Å². The zero-order valence-electron chi connectivity index (χ0n) is 10.7. The van der Waals surface area contributed by atoms with Crippen LogP contribution in [0.25, 0.3) is 0 Å². The molecule has 17 heavy (non-hydrogen) atoms. The maximum atomic E-state index is 11.8. The van der Waals surface area contributed by atoms with Gasteiger partial charge >= 0.3 is 0 Å². The van der Waals surface area contributed by atoms with Crippen molar-refractivity contribution in [3.05, 3.63) is 22.6 Å². The van der Waals surface area contributed by atoms with E-state index in [2.05, 4.69) is 12.0 Å². The maximum absolute atomic E-state index is 11.8. The molecule has 1 aromatic heterocycles. The van der Waals surface area contributed by atoms with Crippen molar-refractivity contribution in [1.29, 1.82) is 0 Å². The van der Waals surface area contributed by atoms with E-state index < -0.39 is 0 Å². The Morgan fingerprint density at radius 2 is 2.29 bits per heavy atom. The highest BCUT2D eigenvalue weighted by Gasteiger charge is 2.07. The number of alkyl halides is 1. The molecule has 1 unspecified atom stereocenters. The Morgan fingerprint density at radius 1 is 1.59 bits per heavy atom. The summed E-state index contributed by atoms with van der Waals surface area (Å²) in [5, 5.41) is 4.17. The topological polar surface area (TPSA) is 38.1 Å². The van der Waals surface area contributed by atoms with Crippen LogP contribution in [0.1, 0.15) is 20.3 Å². The molecule has 1 aromatic rings. The monoisotopic (exact) mass is 257 g/mol. The number of hydrogen-bond donors (Lipinski definition) is 0. The van der Waals surface area contributed by atoms with E-state index in [0.29, 0.717) is 12.4 Å². The molecule has 4 nitrogen and oxygen atoms in total. The number of halogens is 1. The first kappa shape index (κ1) is 14.0. The third-order valence-electron chi connectivity index (χ3n) is 2.60. The molecule has 0 fully saturated rings. The van der Waals surface area contributed by atoms with Crippen molar-refractivity contribution in [2.45, 2.75) is 26.8 Å². The van der Waals surface area contributed by atoms with E-state index in [1.165, 1.54) is 4.68 Å². The fraction of sp³-hybridized carbons (Fsp3) is 0.667. The highest BCUT2D eigenvalue weighted by atomic mass is 35.5. The van der Waals surface area contributed by atoms with Gasteiger partial charge in [-0.2, -0.15) is 5.10 Å². The molecule has 5 heteroatoms. The lowest BCUT2D eigenvalue weighted by Crippen LogP contribution is -2.28. The molecule has 0 aliphatic heterocycles. The molecule has 0 N–H and O–H groups in total. The molecule has 0 saturated carbocycles. The van der Waals surface area contributed by atoms with Gasteiger partial charge in [0.25, 0.3) is 5.56 Å². The van der Waals surface area contributed by atoms with Crippen LogP contribution in [0.3, 0.4) is 0 Å². The van der Waals surface area contributed by atoms with Gasteiger partial charge in [0.15, 0.2) is 0 Å². The van der Waals surface area contributed by atoms with Gasteiger partial charge < -0.3 is 4.90 Å².